The first-order chi connectivity index (χ1) is 4.72. The van der Waals surface area contributed by atoms with Crippen LogP contribution in [0.1, 0.15) is 0 Å². The number of nitrogens with zero attached hydrogens (tertiary/aromatic N) is 2. The largest absolute Gasteiger partial charge is 0.309 e. The molecule has 0 aromatic rings. The third-order valence-electron chi connectivity index (χ3n) is 1.90. The summed E-state index contributed by atoms with van der Waals surface area (Å²) in [6.45, 7) is 3.63. The molecule has 0 saturated carbocycles. The predicted molar refractivity (Wildman–Crippen MR) is 42.7 cm³/mol. The van der Waals surface area contributed by atoms with E-state index in [-0.39, 0.29) is 0 Å². The number of hydrogen-bond donors (Lipinski definition) is 1. The molecule has 3 nitrogen and oxygen atoms in total. The average molecular weight is 143 g/mol. The fourth-order valence-electron chi connectivity index (χ4n) is 1.38. The predicted octanol–water partition coefficient (Wildman–Crippen LogP) is -0.386. The molecule has 0 unspecified atom stereocenters. The topological polar surface area (TPSA) is 18.5 Å². The van der Waals surface area contributed by atoms with Gasteiger partial charge in [-0.05, 0) is 27.1 Å². The summed E-state index contributed by atoms with van der Waals surface area (Å²) in [5.74, 6) is 0.877. The Morgan fingerprint density at radius 2 is 2.10 bits per heavy atom. The Kier molecular flexibility index (Phi) is 2.65. The summed E-state index contributed by atoms with van der Waals surface area (Å²) >= 11 is 0. The molecule has 0 radical (unpaired) electrons. The van der Waals surface area contributed by atoms with Gasteiger partial charge in [0.25, 0.3) is 0 Å². The molecule has 0 aliphatic carbocycles. The van der Waals surface area contributed by atoms with Crippen molar-refractivity contribution in [3.63, 3.8) is 0 Å². The second kappa shape index (κ2) is 3.32. The average Bonchev–Trinajstić information content (AvgIpc) is 1.76. The molecule has 1 saturated heterocycles. The van der Waals surface area contributed by atoms with Crippen molar-refractivity contribution in [2.24, 2.45) is 5.92 Å². The van der Waals surface area contributed by atoms with E-state index in [9.17, 15) is 0 Å². The zero-order valence-corrected chi connectivity index (χ0v) is 7.09. The highest BCUT2D eigenvalue weighted by atomic mass is 15.5. The van der Waals surface area contributed by atoms with E-state index in [2.05, 4.69) is 29.4 Å². The lowest BCUT2D eigenvalue weighted by Crippen LogP contribution is -2.55. The number of nitrogens with one attached hydrogen (secondary N) is 1. The molecule has 3 heteroatoms. The molecule has 60 valence electrons. The lowest BCUT2D eigenvalue weighted by atomic mass is 10.0. The molecule has 0 atom stereocenters. The standard InChI is InChI=1S/C7H17N3/c1-8-10-5-7(6-10)4-9(2)3/h7-8H,4-6H2,1-3H3. The zero-order chi connectivity index (χ0) is 7.56. The van der Waals surface area contributed by atoms with Crippen LogP contribution in [0, 0.1) is 5.92 Å². The van der Waals surface area contributed by atoms with Gasteiger partial charge in [-0.2, -0.15) is 0 Å². The van der Waals surface area contributed by atoms with Gasteiger partial charge >= 0.3 is 0 Å². The molecule has 1 N–H and O–H groups in total. The highest BCUT2D eigenvalue weighted by Crippen LogP contribution is 2.12. The van der Waals surface area contributed by atoms with Crippen molar-refractivity contribution >= 4 is 0 Å². The molecule has 0 bridgehead atoms. The van der Waals surface area contributed by atoms with Crippen LogP contribution in [0.3, 0.4) is 0 Å². The van der Waals surface area contributed by atoms with E-state index in [0.29, 0.717) is 0 Å². The summed E-state index contributed by atoms with van der Waals surface area (Å²) in [6, 6.07) is 0. The van der Waals surface area contributed by atoms with Crippen molar-refractivity contribution in [3.8, 4) is 0 Å². The van der Waals surface area contributed by atoms with Crippen molar-refractivity contribution in [2.45, 2.75) is 0 Å². The van der Waals surface area contributed by atoms with E-state index in [1.165, 1.54) is 19.6 Å². The second-order valence-corrected chi connectivity index (χ2v) is 3.26. The Labute approximate surface area is 63.0 Å². The summed E-state index contributed by atoms with van der Waals surface area (Å²) in [4.78, 5) is 2.25. The smallest absolute Gasteiger partial charge is 0.0184 e. The van der Waals surface area contributed by atoms with Crippen LogP contribution in [0.5, 0.6) is 0 Å². The van der Waals surface area contributed by atoms with Crippen molar-refractivity contribution in [1.29, 1.82) is 0 Å². The minimum absolute atomic E-state index is 0.877. The molecule has 0 amide bonds. The minimum Gasteiger partial charge on any atom is -0.309 e. The summed E-state index contributed by atoms with van der Waals surface area (Å²) in [5, 5.41) is 2.23. The summed E-state index contributed by atoms with van der Waals surface area (Å²) in [5.41, 5.74) is 3.12. The Hall–Kier alpha value is -0.120. The van der Waals surface area contributed by atoms with Gasteiger partial charge in [0.2, 0.25) is 0 Å². The molecule has 1 aliphatic heterocycles. The SMILES string of the molecule is CNN1CC(CN(C)C)C1. The van der Waals surface area contributed by atoms with E-state index < -0.39 is 0 Å². The van der Waals surface area contributed by atoms with Crippen molar-refractivity contribution in [1.82, 2.24) is 15.3 Å². The van der Waals surface area contributed by atoms with Crippen LogP contribution in [0.4, 0.5) is 0 Å². The molecular formula is C7H17N3. The van der Waals surface area contributed by atoms with E-state index in [1.54, 1.807) is 0 Å². The second-order valence-electron chi connectivity index (χ2n) is 3.26. The quantitative estimate of drug-likeness (QED) is 0.580. The lowest BCUT2D eigenvalue weighted by molar-refractivity contribution is 0.0402. The Morgan fingerprint density at radius 1 is 1.50 bits per heavy atom. The van der Waals surface area contributed by atoms with Crippen molar-refractivity contribution in [3.05, 3.63) is 0 Å². The van der Waals surface area contributed by atoms with Crippen LogP contribution < -0.4 is 5.43 Å². The molecule has 1 rings (SSSR count). The number of hydrazine groups is 1. The van der Waals surface area contributed by atoms with Gasteiger partial charge in [0.15, 0.2) is 0 Å². The minimum atomic E-state index is 0.877. The van der Waals surface area contributed by atoms with E-state index >= 15 is 0 Å². The summed E-state index contributed by atoms with van der Waals surface area (Å²) in [6.07, 6.45) is 0. The van der Waals surface area contributed by atoms with Gasteiger partial charge in [-0.25, -0.2) is 5.01 Å². The molecule has 1 aliphatic rings. The third kappa shape index (κ3) is 1.94. The van der Waals surface area contributed by atoms with Crippen LogP contribution in [-0.4, -0.2) is 50.7 Å². The fraction of sp³-hybridized carbons (Fsp3) is 1.00. The molecule has 0 spiro atoms. The van der Waals surface area contributed by atoms with Gasteiger partial charge in [0, 0.05) is 19.6 Å². The first-order valence-corrected chi connectivity index (χ1v) is 3.79. The molecule has 1 fully saturated rings. The van der Waals surface area contributed by atoms with Crippen molar-refractivity contribution < 1.29 is 0 Å². The molecule has 1 heterocycles. The van der Waals surface area contributed by atoms with Gasteiger partial charge in [-0.15, -0.1) is 0 Å². The molecule has 0 aromatic heterocycles. The van der Waals surface area contributed by atoms with Crippen LogP contribution in [0.25, 0.3) is 0 Å². The third-order valence-corrected chi connectivity index (χ3v) is 1.90. The zero-order valence-electron chi connectivity index (χ0n) is 7.09. The Bertz CT molecular complexity index is 97.0. The molecular weight excluding hydrogens is 126 g/mol. The number of rotatable bonds is 3. The van der Waals surface area contributed by atoms with Gasteiger partial charge in [-0.1, -0.05) is 0 Å². The van der Waals surface area contributed by atoms with E-state index in [4.69, 9.17) is 0 Å². The first kappa shape index (κ1) is 7.98. The highest BCUT2D eigenvalue weighted by molar-refractivity contribution is 4.77. The normalized spacial score (nSPS) is 21.6. The Morgan fingerprint density at radius 3 is 2.50 bits per heavy atom. The van der Waals surface area contributed by atoms with Crippen LogP contribution in [0.15, 0.2) is 0 Å². The van der Waals surface area contributed by atoms with Gasteiger partial charge in [-0.3, -0.25) is 5.43 Å². The van der Waals surface area contributed by atoms with Crippen LogP contribution in [0.2, 0.25) is 0 Å². The van der Waals surface area contributed by atoms with Crippen LogP contribution in [-0.2, 0) is 0 Å². The molecule has 0 aromatic carbocycles. The fourth-order valence-corrected chi connectivity index (χ4v) is 1.38. The van der Waals surface area contributed by atoms with E-state index in [1.807, 2.05) is 7.05 Å². The van der Waals surface area contributed by atoms with E-state index in [0.717, 1.165) is 5.92 Å². The van der Waals surface area contributed by atoms with Crippen molar-refractivity contribution in [2.75, 3.05) is 40.8 Å². The van der Waals surface area contributed by atoms with Gasteiger partial charge in [0.05, 0.1) is 0 Å². The monoisotopic (exact) mass is 143 g/mol. The maximum absolute atomic E-state index is 3.12. The maximum Gasteiger partial charge on any atom is 0.0184 e. The van der Waals surface area contributed by atoms with Gasteiger partial charge < -0.3 is 4.90 Å². The van der Waals surface area contributed by atoms with Crippen LogP contribution >= 0.6 is 0 Å². The number of hydrogen-bond acceptors (Lipinski definition) is 3. The Balaban J connectivity index is 2.03. The highest BCUT2D eigenvalue weighted by Gasteiger charge is 2.25. The maximum atomic E-state index is 3.12. The summed E-state index contributed by atoms with van der Waals surface area (Å²) in [7, 11) is 6.23. The molecule has 10 heavy (non-hydrogen) atoms. The van der Waals surface area contributed by atoms with Gasteiger partial charge in [0.1, 0.15) is 0 Å². The summed E-state index contributed by atoms with van der Waals surface area (Å²) < 4.78 is 0. The first-order valence-electron chi connectivity index (χ1n) is 3.79. The lowest BCUT2D eigenvalue weighted by Gasteiger charge is -2.39.